The van der Waals surface area contributed by atoms with Gasteiger partial charge in [-0.25, -0.2) is 4.79 Å². The first-order valence-electron chi connectivity index (χ1n) is 20.6. The average Bonchev–Trinajstić information content (AvgIpc) is 3.34. The van der Waals surface area contributed by atoms with E-state index >= 15 is 0 Å². The number of carbonyl (C=O) groups is 4. The first-order valence-corrected chi connectivity index (χ1v) is 20.6. The van der Waals surface area contributed by atoms with E-state index < -0.39 is 22.9 Å². The second-order valence-corrected chi connectivity index (χ2v) is 20.6. The lowest BCUT2D eigenvalue weighted by atomic mass is 9.33. The van der Waals surface area contributed by atoms with Crippen LogP contribution in [0, 0.1) is 56.7 Å². The van der Waals surface area contributed by atoms with Gasteiger partial charge in [0.25, 0.3) is 0 Å². The van der Waals surface area contributed by atoms with Crippen molar-refractivity contribution in [3.05, 3.63) is 11.1 Å². The number of carboxylic acid groups (broad SMARTS) is 1. The Balaban J connectivity index is 0.00000541. The van der Waals surface area contributed by atoms with Crippen molar-refractivity contribution in [3.8, 4) is 0 Å². The summed E-state index contributed by atoms with van der Waals surface area (Å²) in [6.45, 7) is 22.4. The fourth-order valence-corrected chi connectivity index (χ4v) is 13.3. The second-order valence-electron chi connectivity index (χ2n) is 20.6. The number of allylic oxidation sites excluding steroid dienone is 1. The summed E-state index contributed by atoms with van der Waals surface area (Å²) in [4.78, 5) is 54.8. The van der Waals surface area contributed by atoms with Crippen LogP contribution in [-0.4, -0.2) is 72.1 Å². The van der Waals surface area contributed by atoms with Crippen LogP contribution >= 0.6 is 12.4 Å². The van der Waals surface area contributed by atoms with Crippen molar-refractivity contribution in [2.24, 2.45) is 56.7 Å². The van der Waals surface area contributed by atoms with Gasteiger partial charge in [-0.2, -0.15) is 0 Å². The number of carbonyl (C=O) groups excluding carboxylic acids is 3. The number of halogens is 1. The minimum Gasteiger partial charge on any atom is -0.481 e. The third-order valence-electron chi connectivity index (χ3n) is 16.6. The molecule has 3 N–H and O–H groups in total. The van der Waals surface area contributed by atoms with Crippen LogP contribution in [0.1, 0.15) is 139 Å². The van der Waals surface area contributed by atoms with Crippen LogP contribution in [0.5, 0.6) is 0 Å². The number of amides is 2. The Kier molecular flexibility index (Phi) is 11.4. The summed E-state index contributed by atoms with van der Waals surface area (Å²) in [7, 11) is 2.16. The number of ether oxygens (including phenoxy) is 1. The number of carboxylic acids is 1. The zero-order valence-corrected chi connectivity index (χ0v) is 35.2. The number of rotatable bonds is 8. The Morgan fingerprint density at radius 1 is 0.906 bits per heavy atom. The summed E-state index contributed by atoms with van der Waals surface area (Å²) in [6.07, 6.45) is 9.94. The summed E-state index contributed by atoms with van der Waals surface area (Å²) < 4.78 is 6.16. The highest BCUT2D eigenvalue weighted by Crippen LogP contribution is 2.76. The highest BCUT2D eigenvalue weighted by atomic mass is 35.5. The van der Waals surface area contributed by atoms with E-state index in [-0.39, 0.29) is 70.2 Å². The smallest absolute Gasteiger partial charge is 0.315 e. The summed E-state index contributed by atoms with van der Waals surface area (Å²) in [5, 5.41) is 16.3. The average molecular weight is 761 g/mol. The molecular weight excluding hydrogens is 690 g/mol. The molecule has 6 rings (SSSR count). The summed E-state index contributed by atoms with van der Waals surface area (Å²) in [6, 6.07) is -0.128. The maximum atomic E-state index is 14.0. The second kappa shape index (κ2) is 14.4. The van der Waals surface area contributed by atoms with Gasteiger partial charge in [-0.3, -0.25) is 14.4 Å². The molecule has 2 amide bonds. The van der Waals surface area contributed by atoms with Gasteiger partial charge in [0.1, 0.15) is 6.10 Å². The van der Waals surface area contributed by atoms with Crippen molar-refractivity contribution < 1.29 is 29.0 Å². The zero-order chi connectivity index (χ0) is 38.2. The topological polar surface area (TPSA) is 125 Å². The highest BCUT2D eigenvalue weighted by Gasteiger charge is 2.70. The largest absolute Gasteiger partial charge is 0.481 e. The van der Waals surface area contributed by atoms with Gasteiger partial charge in [0.2, 0.25) is 0 Å². The Morgan fingerprint density at radius 3 is 2.19 bits per heavy atom. The zero-order valence-electron chi connectivity index (χ0n) is 34.4. The molecule has 9 nitrogen and oxygen atoms in total. The molecule has 8 atom stereocenters. The predicted molar refractivity (Wildman–Crippen MR) is 210 cm³/mol. The van der Waals surface area contributed by atoms with Gasteiger partial charge in [0, 0.05) is 18.4 Å². The quantitative estimate of drug-likeness (QED) is 0.213. The number of ketones is 1. The molecule has 0 radical (unpaired) electrons. The van der Waals surface area contributed by atoms with Crippen molar-refractivity contribution in [2.45, 2.75) is 151 Å². The molecule has 0 bridgehead atoms. The van der Waals surface area contributed by atoms with Crippen molar-refractivity contribution in [3.63, 3.8) is 0 Å². The molecule has 4 saturated carbocycles. The third-order valence-corrected chi connectivity index (χ3v) is 16.6. The van der Waals surface area contributed by atoms with Crippen molar-refractivity contribution in [2.75, 3.05) is 26.7 Å². The minimum absolute atomic E-state index is 0. The standard InChI is InChI=1S/C43H69N3O6.ClH/c1-26(2)34-29(47)23-43(45-37(51)44-25-27-15-21-46(10)22-16-27)20-19-41(8)28(35(34)43)11-12-31-40(7)17-14-32(52-33(48)24-38(3,4)36(49)50)39(5,6)30(40)13-18-42(31,41)9;/h26-28,30-32H,11-25H2,1-10H3,(H,49,50)(H2,44,45,51);1H/t28?,30?,31?,32-,40-,41+,42+,43+;/m0./s1. The number of fused-ring (bicyclic) bond motifs is 7. The summed E-state index contributed by atoms with van der Waals surface area (Å²) in [5.74, 6) is 0.498. The van der Waals surface area contributed by atoms with E-state index in [1.807, 2.05) is 0 Å². The van der Waals surface area contributed by atoms with Gasteiger partial charge in [0.05, 0.1) is 17.4 Å². The molecule has 0 aromatic carbocycles. The Labute approximate surface area is 325 Å². The number of Topliss-reactive ketones (excluding diaryl/α,β-unsaturated/α-hetero) is 1. The summed E-state index contributed by atoms with van der Waals surface area (Å²) >= 11 is 0. The molecule has 5 fully saturated rings. The van der Waals surface area contributed by atoms with Crippen LogP contribution in [-0.2, 0) is 19.1 Å². The number of nitrogens with zero attached hydrogens (tertiary/aromatic N) is 1. The third kappa shape index (κ3) is 6.88. The lowest BCUT2D eigenvalue weighted by Gasteiger charge is -2.72. The van der Waals surface area contributed by atoms with E-state index in [2.05, 4.69) is 71.0 Å². The van der Waals surface area contributed by atoms with E-state index in [0.717, 1.165) is 82.9 Å². The first kappa shape index (κ1) is 42.0. The van der Waals surface area contributed by atoms with Crippen LogP contribution in [0.25, 0.3) is 0 Å². The molecule has 1 saturated heterocycles. The van der Waals surface area contributed by atoms with E-state index in [0.29, 0.717) is 30.7 Å². The maximum absolute atomic E-state index is 14.0. The molecule has 5 aliphatic carbocycles. The SMILES string of the molecule is CC(C)C1=C2C3CCC4[C@@]5(C)CC[C@H](OC(=O)CC(C)(C)C(=O)O)C(C)(C)C5CC[C@@]4(C)[C@]3(C)CC[C@@]2(NC(=O)NCC2CCN(C)CC2)CC1=O.Cl. The van der Waals surface area contributed by atoms with Crippen LogP contribution in [0.4, 0.5) is 4.79 Å². The Morgan fingerprint density at radius 2 is 1.57 bits per heavy atom. The molecule has 0 aromatic heterocycles. The fourth-order valence-electron chi connectivity index (χ4n) is 13.3. The van der Waals surface area contributed by atoms with Gasteiger partial charge in [-0.15, -0.1) is 12.4 Å². The maximum Gasteiger partial charge on any atom is 0.315 e. The van der Waals surface area contributed by atoms with Crippen molar-refractivity contribution in [1.82, 2.24) is 15.5 Å². The number of hydrogen-bond donors (Lipinski definition) is 3. The molecule has 0 aromatic rings. The number of urea groups is 1. The highest BCUT2D eigenvalue weighted by molar-refractivity contribution is 6.02. The molecule has 10 heteroatoms. The fraction of sp³-hybridized carbons (Fsp3) is 0.860. The molecule has 0 spiro atoms. The first-order chi connectivity index (χ1) is 24.1. The van der Waals surface area contributed by atoms with Crippen LogP contribution in [0.2, 0.25) is 0 Å². The lowest BCUT2D eigenvalue weighted by molar-refractivity contribution is -0.232. The molecule has 1 heterocycles. The van der Waals surface area contributed by atoms with Crippen LogP contribution in [0.3, 0.4) is 0 Å². The van der Waals surface area contributed by atoms with Crippen LogP contribution < -0.4 is 10.6 Å². The predicted octanol–water partition coefficient (Wildman–Crippen LogP) is 8.20. The minimum atomic E-state index is -1.16. The van der Waals surface area contributed by atoms with Crippen LogP contribution in [0.15, 0.2) is 11.1 Å². The normalized spacial score (nSPS) is 38.5. The molecule has 1 aliphatic heterocycles. The number of likely N-dealkylation sites (tertiary alicyclic amines) is 1. The summed E-state index contributed by atoms with van der Waals surface area (Å²) in [5.41, 5.74) is 0.309. The van der Waals surface area contributed by atoms with Crippen molar-refractivity contribution >= 4 is 36.2 Å². The Bertz CT molecular complexity index is 1500. The van der Waals surface area contributed by atoms with E-state index in [1.165, 1.54) is 5.57 Å². The van der Waals surface area contributed by atoms with E-state index in [1.54, 1.807) is 13.8 Å². The van der Waals surface area contributed by atoms with Gasteiger partial charge >= 0.3 is 18.0 Å². The number of esters is 1. The molecule has 53 heavy (non-hydrogen) atoms. The molecule has 3 unspecified atom stereocenters. The number of piperidine rings is 1. The van der Waals surface area contributed by atoms with Gasteiger partial charge in [0.15, 0.2) is 5.78 Å². The molecule has 300 valence electrons. The van der Waals surface area contributed by atoms with Gasteiger partial charge in [-0.05, 0) is 155 Å². The molecule has 6 aliphatic rings. The van der Waals surface area contributed by atoms with Crippen molar-refractivity contribution in [1.29, 1.82) is 0 Å². The van der Waals surface area contributed by atoms with E-state index in [9.17, 15) is 24.3 Å². The Hall–Kier alpha value is -2.13. The van der Waals surface area contributed by atoms with Gasteiger partial charge in [-0.1, -0.05) is 48.5 Å². The molecular formula is C43H70ClN3O6. The van der Waals surface area contributed by atoms with E-state index in [4.69, 9.17) is 4.74 Å². The van der Waals surface area contributed by atoms with Gasteiger partial charge < -0.3 is 25.4 Å². The number of hydrogen-bond acceptors (Lipinski definition) is 6. The number of aliphatic carboxylic acids is 1. The monoisotopic (exact) mass is 759 g/mol. The number of nitrogens with one attached hydrogen (secondary N) is 2. The lowest BCUT2D eigenvalue weighted by Crippen LogP contribution is -2.67.